The maximum absolute atomic E-state index is 12.9. The summed E-state index contributed by atoms with van der Waals surface area (Å²) >= 11 is 0. The standard InChI is InChI=1S/C17H17N5O3/c23-16(20-9-4-10-21-15(20)7-8-18-21)13-11-14(17(24)25)22(19-13)12-5-2-1-3-6-12/h1-3,5-8,14H,4,9-11H2,(H,24,25). The number of benzene rings is 1. The van der Waals surface area contributed by atoms with Gasteiger partial charge in [0.1, 0.15) is 11.5 Å². The number of hydrogen-bond acceptors (Lipinski definition) is 5. The Labute approximate surface area is 144 Å². The van der Waals surface area contributed by atoms with Crippen LogP contribution in [0.3, 0.4) is 0 Å². The predicted octanol–water partition coefficient (Wildman–Crippen LogP) is 1.34. The molecule has 0 spiro atoms. The summed E-state index contributed by atoms with van der Waals surface area (Å²) < 4.78 is 1.78. The summed E-state index contributed by atoms with van der Waals surface area (Å²) in [6.45, 7) is 1.35. The van der Waals surface area contributed by atoms with Crippen molar-refractivity contribution in [1.82, 2.24) is 9.78 Å². The Bertz CT molecular complexity index is 845. The van der Waals surface area contributed by atoms with E-state index in [1.807, 2.05) is 18.2 Å². The molecule has 8 nitrogen and oxygen atoms in total. The molecule has 0 saturated carbocycles. The number of fused-ring (bicyclic) bond motifs is 1. The lowest BCUT2D eigenvalue weighted by atomic mass is 10.1. The number of hydrazone groups is 1. The van der Waals surface area contributed by atoms with Gasteiger partial charge in [-0.25, -0.2) is 9.48 Å². The molecular weight excluding hydrogens is 322 g/mol. The first-order chi connectivity index (χ1) is 12.1. The molecule has 2 aliphatic rings. The van der Waals surface area contributed by atoms with Gasteiger partial charge in [-0.3, -0.25) is 14.7 Å². The first-order valence-electron chi connectivity index (χ1n) is 8.13. The molecule has 0 fully saturated rings. The Morgan fingerprint density at radius 2 is 1.92 bits per heavy atom. The van der Waals surface area contributed by atoms with Gasteiger partial charge in [0.2, 0.25) is 0 Å². The van der Waals surface area contributed by atoms with Crippen molar-refractivity contribution in [2.24, 2.45) is 5.10 Å². The van der Waals surface area contributed by atoms with E-state index in [9.17, 15) is 14.7 Å². The van der Waals surface area contributed by atoms with E-state index in [-0.39, 0.29) is 18.0 Å². The zero-order valence-corrected chi connectivity index (χ0v) is 13.4. The van der Waals surface area contributed by atoms with Crippen LogP contribution >= 0.6 is 0 Å². The summed E-state index contributed by atoms with van der Waals surface area (Å²) in [6, 6.07) is 9.94. The van der Waals surface area contributed by atoms with Gasteiger partial charge >= 0.3 is 5.97 Å². The Kier molecular flexibility index (Phi) is 3.72. The molecule has 1 aromatic heterocycles. The second-order valence-electron chi connectivity index (χ2n) is 6.01. The highest BCUT2D eigenvalue weighted by atomic mass is 16.4. The molecule has 0 aliphatic carbocycles. The van der Waals surface area contributed by atoms with E-state index < -0.39 is 12.0 Å². The van der Waals surface area contributed by atoms with Crippen molar-refractivity contribution < 1.29 is 14.7 Å². The van der Waals surface area contributed by atoms with Gasteiger partial charge in [-0.05, 0) is 18.6 Å². The fourth-order valence-electron chi connectivity index (χ4n) is 3.23. The van der Waals surface area contributed by atoms with Crippen molar-refractivity contribution in [3.63, 3.8) is 0 Å². The number of aliphatic carboxylic acids is 1. The summed E-state index contributed by atoms with van der Waals surface area (Å²) in [5.74, 6) is -0.533. The molecule has 1 unspecified atom stereocenters. The topological polar surface area (TPSA) is 91.0 Å². The van der Waals surface area contributed by atoms with Crippen LogP contribution in [0.15, 0.2) is 47.7 Å². The molecule has 2 aliphatic heterocycles. The number of para-hydroxylation sites is 1. The largest absolute Gasteiger partial charge is 0.480 e. The fourth-order valence-corrected chi connectivity index (χ4v) is 3.23. The monoisotopic (exact) mass is 339 g/mol. The highest BCUT2D eigenvalue weighted by Gasteiger charge is 2.38. The number of carbonyl (C=O) groups is 2. The smallest absolute Gasteiger partial charge is 0.328 e. The molecule has 3 heterocycles. The lowest BCUT2D eigenvalue weighted by Crippen LogP contribution is -2.41. The number of carboxylic acids is 1. The van der Waals surface area contributed by atoms with Crippen LogP contribution in [0.2, 0.25) is 0 Å². The van der Waals surface area contributed by atoms with Gasteiger partial charge in [0.15, 0.2) is 6.04 Å². The van der Waals surface area contributed by atoms with E-state index >= 15 is 0 Å². The van der Waals surface area contributed by atoms with E-state index in [2.05, 4.69) is 10.2 Å². The van der Waals surface area contributed by atoms with Gasteiger partial charge < -0.3 is 5.11 Å². The third-order valence-electron chi connectivity index (χ3n) is 4.43. The van der Waals surface area contributed by atoms with E-state index in [4.69, 9.17) is 0 Å². The molecule has 25 heavy (non-hydrogen) atoms. The zero-order chi connectivity index (χ0) is 17.4. The molecule has 2 aromatic rings. The van der Waals surface area contributed by atoms with E-state index in [1.54, 1.807) is 34.0 Å². The van der Waals surface area contributed by atoms with Gasteiger partial charge in [-0.2, -0.15) is 10.2 Å². The summed E-state index contributed by atoms with van der Waals surface area (Å²) in [5.41, 5.74) is 0.910. The molecule has 4 rings (SSSR count). The highest BCUT2D eigenvalue weighted by molar-refractivity contribution is 6.44. The minimum absolute atomic E-state index is 0.0771. The number of rotatable bonds is 3. The van der Waals surface area contributed by atoms with Crippen LogP contribution in [-0.4, -0.2) is 45.1 Å². The Morgan fingerprint density at radius 1 is 1.12 bits per heavy atom. The quantitative estimate of drug-likeness (QED) is 0.911. The SMILES string of the molecule is O=C(O)C1CC(C(=O)N2CCCn3nccc32)=NN1c1ccccc1. The van der Waals surface area contributed by atoms with Crippen LogP contribution in [0.1, 0.15) is 12.8 Å². The summed E-state index contributed by atoms with van der Waals surface area (Å²) in [7, 11) is 0. The van der Waals surface area contributed by atoms with Crippen molar-refractivity contribution in [2.75, 3.05) is 16.5 Å². The Balaban J connectivity index is 1.65. The van der Waals surface area contributed by atoms with Crippen molar-refractivity contribution in [1.29, 1.82) is 0 Å². The summed E-state index contributed by atoms with van der Waals surface area (Å²) in [4.78, 5) is 26.2. The molecule has 0 saturated heterocycles. The molecule has 1 aromatic carbocycles. The van der Waals surface area contributed by atoms with Gasteiger partial charge in [-0.15, -0.1) is 0 Å². The number of amides is 1. The molecule has 128 valence electrons. The highest BCUT2D eigenvalue weighted by Crippen LogP contribution is 2.27. The lowest BCUT2D eigenvalue weighted by molar-refractivity contribution is -0.138. The van der Waals surface area contributed by atoms with Gasteiger partial charge in [0.25, 0.3) is 5.91 Å². The van der Waals surface area contributed by atoms with E-state index in [0.29, 0.717) is 12.2 Å². The zero-order valence-electron chi connectivity index (χ0n) is 13.4. The maximum Gasteiger partial charge on any atom is 0.328 e. The molecule has 1 N–H and O–H groups in total. The second kappa shape index (κ2) is 6.04. The number of hydrogen-bond donors (Lipinski definition) is 1. The third-order valence-corrected chi connectivity index (χ3v) is 4.43. The molecule has 0 radical (unpaired) electrons. The first kappa shape index (κ1) is 15.4. The summed E-state index contributed by atoms with van der Waals surface area (Å²) in [6.07, 6.45) is 2.54. The van der Waals surface area contributed by atoms with E-state index in [0.717, 1.165) is 18.8 Å². The average molecular weight is 339 g/mol. The Morgan fingerprint density at radius 3 is 2.68 bits per heavy atom. The number of carboxylic acid groups (broad SMARTS) is 1. The fraction of sp³-hybridized carbons (Fsp3) is 0.294. The molecule has 8 heteroatoms. The number of aromatic nitrogens is 2. The maximum atomic E-state index is 12.9. The minimum Gasteiger partial charge on any atom is -0.480 e. The van der Waals surface area contributed by atoms with Crippen molar-refractivity contribution in [3.05, 3.63) is 42.6 Å². The van der Waals surface area contributed by atoms with Gasteiger partial charge in [-0.1, -0.05) is 18.2 Å². The van der Waals surface area contributed by atoms with Crippen LogP contribution < -0.4 is 9.91 Å². The normalized spacial score (nSPS) is 19.5. The minimum atomic E-state index is -1.00. The van der Waals surface area contributed by atoms with Gasteiger partial charge in [0, 0.05) is 25.6 Å². The number of carbonyl (C=O) groups excluding carboxylic acids is 1. The van der Waals surface area contributed by atoms with Crippen molar-refractivity contribution in [3.8, 4) is 0 Å². The summed E-state index contributed by atoms with van der Waals surface area (Å²) in [5, 5.41) is 19.5. The predicted molar refractivity (Wildman–Crippen MR) is 91.6 cm³/mol. The van der Waals surface area contributed by atoms with Crippen LogP contribution in [0, 0.1) is 0 Å². The molecular formula is C17H17N5O3. The van der Waals surface area contributed by atoms with Crippen LogP contribution in [-0.2, 0) is 16.1 Å². The van der Waals surface area contributed by atoms with Crippen LogP contribution in [0.5, 0.6) is 0 Å². The second-order valence-corrected chi connectivity index (χ2v) is 6.01. The van der Waals surface area contributed by atoms with Crippen molar-refractivity contribution >= 4 is 29.1 Å². The number of aryl methyl sites for hydroxylation is 1. The van der Waals surface area contributed by atoms with E-state index in [1.165, 1.54) is 5.01 Å². The van der Waals surface area contributed by atoms with Gasteiger partial charge in [0.05, 0.1) is 11.9 Å². The van der Waals surface area contributed by atoms with Crippen LogP contribution in [0.25, 0.3) is 0 Å². The third kappa shape index (κ3) is 2.65. The Hall–Kier alpha value is -3.16. The number of anilines is 2. The lowest BCUT2D eigenvalue weighted by Gasteiger charge is -2.27. The van der Waals surface area contributed by atoms with Crippen molar-refractivity contribution in [2.45, 2.75) is 25.4 Å². The molecule has 0 bridgehead atoms. The average Bonchev–Trinajstić information content (AvgIpc) is 3.28. The first-order valence-corrected chi connectivity index (χ1v) is 8.13. The molecule has 1 amide bonds. The molecule has 1 atom stereocenters. The van der Waals surface area contributed by atoms with Crippen LogP contribution in [0.4, 0.5) is 11.5 Å². The number of nitrogens with zero attached hydrogens (tertiary/aromatic N) is 5.